The van der Waals surface area contributed by atoms with E-state index in [1.54, 1.807) is 17.0 Å². The second-order valence-corrected chi connectivity index (χ2v) is 7.11. The van der Waals surface area contributed by atoms with E-state index < -0.39 is 0 Å². The highest BCUT2D eigenvalue weighted by Gasteiger charge is 2.29. The lowest BCUT2D eigenvalue weighted by Crippen LogP contribution is -2.41. The largest absolute Gasteiger partial charge is 0.283 e. The number of hydrazone groups is 1. The Morgan fingerprint density at radius 2 is 1.85 bits per heavy atom. The summed E-state index contributed by atoms with van der Waals surface area (Å²) in [4.78, 5) is 31.6. The van der Waals surface area contributed by atoms with Crippen molar-refractivity contribution in [3.8, 4) is 0 Å². The van der Waals surface area contributed by atoms with Gasteiger partial charge in [0.2, 0.25) is 5.91 Å². The first-order valence-electron chi connectivity index (χ1n) is 8.80. The summed E-state index contributed by atoms with van der Waals surface area (Å²) in [6, 6.07) is 17.0. The monoisotopic (exact) mass is 378 g/mol. The number of thiazole rings is 1. The fourth-order valence-corrected chi connectivity index (χ4v) is 4.00. The lowest BCUT2D eigenvalue weighted by atomic mass is 10.1. The zero-order valence-corrected chi connectivity index (χ0v) is 15.6. The van der Waals surface area contributed by atoms with Crippen LogP contribution in [0.15, 0.2) is 59.7 Å². The molecule has 2 heterocycles. The van der Waals surface area contributed by atoms with Gasteiger partial charge in [0.05, 0.1) is 15.9 Å². The minimum Gasteiger partial charge on any atom is -0.283 e. The molecule has 3 aromatic rings. The Morgan fingerprint density at radius 1 is 1.11 bits per heavy atom. The van der Waals surface area contributed by atoms with Crippen LogP contribution in [-0.2, 0) is 9.59 Å². The van der Waals surface area contributed by atoms with Gasteiger partial charge in [-0.3, -0.25) is 14.5 Å². The van der Waals surface area contributed by atoms with E-state index in [-0.39, 0.29) is 18.2 Å². The number of rotatable bonds is 4. The van der Waals surface area contributed by atoms with Crippen LogP contribution in [0.3, 0.4) is 0 Å². The quantitative estimate of drug-likeness (QED) is 0.693. The van der Waals surface area contributed by atoms with Gasteiger partial charge in [-0.1, -0.05) is 41.7 Å². The molecule has 1 aliphatic rings. The van der Waals surface area contributed by atoms with Gasteiger partial charge in [0.15, 0.2) is 5.13 Å². The lowest BCUT2D eigenvalue weighted by Gasteiger charge is -2.25. The van der Waals surface area contributed by atoms with Gasteiger partial charge < -0.3 is 0 Å². The van der Waals surface area contributed by atoms with Crippen LogP contribution in [0.2, 0.25) is 0 Å². The molecule has 0 spiro atoms. The SMILES string of the molecule is CCN(C(=O)C1=NN(c2ccccc2)C(=O)CC1)c1nc2ccccc2s1. The average molecular weight is 378 g/mol. The number of carbonyl (C=O) groups excluding carboxylic acids is 2. The van der Waals surface area contributed by atoms with Gasteiger partial charge in [0, 0.05) is 19.4 Å². The molecule has 0 bridgehead atoms. The standard InChI is InChI=1S/C20H18N4O2S/c1-2-23(20-21-15-10-6-7-11-17(15)27-20)19(26)16-12-13-18(25)24(22-16)14-8-4-3-5-9-14/h3-11H,2,12-13H2,1H3. The van der Waals surface area contributed by atoms with Crippen molar-refractivity contribution in [1.29, 1.82) is 0 Å². The van der Waals surface area contributed by atoms with Crippen molar-refractivity contribution in [3.63, 3.8) is 0 Å². The van der Waals surface area contributed by atoms with Crippen LogP contribution in [0.25, 0.3) is 10.2 Å². The summed E-state index contributed by atoms with van der Waals surface area (Å²) in [5.74, 6) is -0.314. The second-order valence-electron chi connectivity index (χ2n) is 6.10. The van der Waals surface area contributed by atoms with Crippen LogP contribution in [0, 0.1) is 0 Å². The summed E-state index contributed by atoms with van der Waals surface area (Å²) in [6.07, 6.45) is 0.596. The maximum absolute atomic E-state index is 13.1. The first kappa shape index (κ1) is 17.4. The van der Waals surface area contributed by atoms with E-state index in [0.717, 1.165) is 10.2 Å². The average Bonchev–Trinajstić information content (AvgIpc) is 3.13. The number of nitrogens with zero attached hydrogens (tertiary/aromatic N) is 4. The smallest absolute Gasteiger partial charge is 0.276 e. The Balaban J connectivity index is 1.66. The summed E-state index contributed by atoms with van der Waals surface area (Å²) in [6.45, 7) is 2.39. The van der Waals surface area contributed by atoms with E-state index in [4.69, 9.17) is 0 Å². The van der Waals surface area contributed by atoms with Gasteiger partial charge in [-0.15, -0.1) is 0 Å². The van der Waals surface area contributed by atoms with Crippen molar-refractivity contribution in [3.05, 3.63) is 54.6 Å². The fraction of sp³-hybridized carbons (Fsp3) is 0.200. The molecule has 0 saturated heterocycles. The molecular formula is C20H18N4O2S. The molecule has 2 aromatic carbocycles. The summed E-state index contributed by atoms with van der Waals surface area (Å²) in [5, 5.41) is 6.34. The molecule has 0 atom stereocenters. The van der Waals surface area contributed by atoms with Gasteiger partial charge in [-0.2, -0.15) is 5.10 Å². The Labute approximate surface area is 160 Å². The molecule has 0 N–H and O–H groups in total. The highest BCUT2D eigenvalue weighted by molar-refractivity contribution is 7.22. The third-order valence-corrected chi connectivity index (χ3v) is 5.41. The number of fused-ring (bicyclic) bond motifs is 1. The minimum absolute atomic E-state index is 0.110. The van der Waals surface area contributed by atoms with Crippen LogP contribution in [0.1, 0.15) is 19.8 Å². The number of hydrogen-bond acceptors (Lipinski definition) is 5. The number of aromatic nitrogens is 1. The van der Waals surface area contributed by atoms with Crippen LogP contribution in [-0.4, -0.2) is 29.1 Å². The van der Waals surface area contributed by atoms with E-state index in [2.05, 4.69) is 10.1 Å². The predicted molar refractivity (Wildman–Crippen MR) is 108 cm³/mol. The van der Waals surface area contributed by atoms with Crippen molar-refractivity contribution in [1.82, 2.24) is 4.98 Å². The topological polar surface area (TPSA) is 65.9 Å². The molecule has 136 valence electrons. The second kappa shape index (κ2) is 7.28. The number of amides is 2. The normalized spacial score (nSPS) is 14.3. The van der Waals surface area contributed by atoms with Crippen LogP contribution >= 0.6 is 11.3 Å². The summed E-state index contributed by atoms with van der Waals surface area (Å²) >= 11 is 1.48. The molecule has 4 rings (SSSR count). The van der Waals surface area contributed by atoms with Crippen molar-refractivity contribution in [2.45, 2.75) is 19.8 Å². The molecule has 1 aromatic heterocycles. The molecule has 0 saturated carbocycles. The Kier molecular flexibility index (Phi) is 4.68. The Morgan fingerprint density at radius 3 is 2.59 bits per heavy atom. The molecular weight excluding hydrogens is 360 g/mol. The fourth-order valence-electron chi connectivity index (χ4n) is 2.98. The Hall–Kier alpha value is -3.06. The van der Waals surface area contributed by atoms with Gasteiger partial charge >= 0.3 is 0 Å². The summed E-state index contributed by atoms with van der Waals surface area (Å²) < 4.78 is 1.03. The number of carbonyl (C=O) groups is 2. The number of para-hydroxylation sites is 2. The highest BCUT2D eigenvalue weighted by Crippen LogP contribution is 2.29. The molecule has 6 nitrogen and oxygen atoms in total. The van der Waals surface area contributed by atoms with Crippen LogP contribution < -0.4 is 9.91 Å². The Bertz CT molecular complexity index is 996. The molecule has 2 amide bonds. The van der Waals surface area contributed by atoms with E-state index in [1.165, 1.54) is 16.3 Å². The summed E-state index contributed by atoms with van der Waals surface area (Å²) in [5.41, 5.74) is 1.91. The molecule has 0 fully saturated rings. The zero-order chi connectivity index (χ0) is 18.8. The zero-order valence-electron chi connectivity index (χ0n) is 14.8. The third kappa shape index (κ3) is 3.33. The molecule has 0 aliphatic carbocycles. The molecule has 0 radical (unpaired) electrons. The van der Waals surface area contributed by atoms with Gasteiger partial charge in [-0.05, 0) is 31.2 Å². The van der Waals surface area contributed by atoms with Crippen molar-refractivity contribution in [2.75, 3.05) is 16.5 Å². The summed E-state index contributed by atoms with van der Waals surface area (Å²) in [7, 11) is 0. The number of anilines is 2. The first-order valence-corrected chi connectivity index (χ1v) is 9.62. The predicted octanol–water partition coefficient (Wildman–Crippen LogP) is 3.83. The van der Waals surface area contributed by atoms with E-state index >= 15 is 0 Å². The third-order valence-electron chi connectivity index (χ3n) is 4.36. The molecule has 7 heteroatoms. The first-order chi connectivity index (χ1) is 13.2. The number of benzene rings is 2. The van der Waals surface area contributed by atoms with Gasteiger partial charge in [0.1, 0.15) is 5.71 Å². The van der Waals surface area contributed by atoms with E-state index in [9.17, 15) is 9.59 Å². The van der Waals surface area contributed by atoms with Gasteiger partial charge in [-0.25, -0.2) is 9.99 Å². The van der Waals surface area contributed by atoms with Crippen LogP contribution in [0.5, 0.6) is 0 Å². The van der Waals surface area contributed by atoms with Gasteiger partial charge in [0.25, 0.3) is 5.91 Å². The maximum atomic E-state index is 13.1. The highest BCUT2D eigenvalue weighted by atomic mass is 32.1. The van der Waals surface area contributed by atoms with E-state index in [0.29, 0.717) is 29.5 Å². The molecule has 0 unspecified atom stereocenters. The molecule has 1 aliphatic heterocycles. The minimum atomic E-state index is -0.204. The van der Waals surface area contributed by atoms with Crippen LogP contribution in [0.4, 0.5) is 10.8 Å². The molecule has 27 heavy (non-hydrogen) atoms. The maximum Gasteiger partial charge on any atom is 0.276 e. The van der Waals surface area contributed by atoms with Crippen molar-refractivity contribution < 1.29 is 9.59 Å². The van der Waals surface area contributed by atoms with Crippen molar-refractivity contribution >= 4 is 49.9 Å². The van der Waals surface area contributed by atoms with E-state index in [1.807, 2.05) is 49.4 Å². The number of hydrogen-bond donors (Lipinski definition) is 0. The van der Waals surface area contributed by atoms with Crippen molar-refractivity contribution in [2.24, 2.45) is 5.10 Å². The lowest BCUT2D eigenvalue weighted by molar-refractivity contribution is -0.118.